The maximum absolute atomic E-state index is 7.01. The summed E-state index contributed by atoms with van der Waals surface area (Å²) in [7, 11) is 0. The van der Waals surface area contributed by atoms with Crippen molar-refractivity contribution in [3.63, 3.8) is 0 Å². The number of anilines is 6. The predicted molar refractivity (Wildman–Crippen MR) is 198 cm³/mol. The minimum Gasteiger partial charge on any atom is -0.458 e. The van der Waals surface area contributed by atoms with Crippen molar-refractivity contribution in [2.75, 3.05) is 9.80 Å². The van der Waals surface area contributed by atoms with Crippen LogP contribution in [0.4, 0.5) is 34.1 Å². The average molecular weight is 623 g/mol. The molecule has 0 atom stereocenters. The molecule has 1 aliphatic carbocycles. The minimum atomic E-state index is 0.0251. The average Bonchev–Trinajstić information content (AvgIpc) is 3.28. The molecule has 0 spiro atoms. The van der Waals surface area contributed by atoms with Crippen LogP contribution in [-0.4, -0.2) is 6.71 Å². The van der Waals surface area contributed by atoms with Gasteiger partial charge in [-0.3, -0.25) is 0 Å². The van der Waals surface area contributed by atoms with Crippen LogP contribution in [0.2, 0.25) is 0 Å². The Bertz CT molecular complexity index is 2260. The van der Waals surface area contributed by atoms with Gasteiger partial charge in [0.1, 0.15) is 23.0 Å². The standard InChI is InChI=1S/C43H35BN2O2/c1-42(2)26-43(3,4)30-25-38-32(24-29(30)42)44-31-16-8-13-21-37(31)47-39-22-28(23-40(48-38)41(39)44)46-35-19-11-9-17-33(35)45(27-14-6-5-7-15-27)34-18-10-12-20-36(34)46/h5-25H,26H2,1-4H3. The Morgan fingerprint density at radius 3 is 1.60 bits per heavy atom. The van der Waals surface area contributed by atoms with Crippen LogP contribution in [0.15, 0.2) is 127 Å². The first-order valence-corrected chi connectivity index (χ1v) is 16.9. The Kier molecular flexibility index (Phi) is 5.52. The Labute approximate surface area is 282 Å². The lowest BCUT2D eigenvalue weighted by Gasteiger charge is -2.41. The van der Waals surface area contributed by atoms with Crippen LogP contribution >= 0.6 is 0 Å². The van der Waals surface area contributed by atoms with E-state index in [0.29, 0.717) is 0 Å². The molecular formula is C43H35BN2O2. The monoisotopic (exact) mass is 622 g/mol. The van der Waals surface area contributed by atoms with Gasteiger partial charge in [-0.05, 0) is 87.8 Å². The Morgan fingerprint density at radius 1 is 0.479 bits per heavy atom. The van der Waals surface area contributed by atoms with Gasteiger partial charge in [0, 0.05) is 23.3 Å². The highest BCUT2D eigenvalue weighted by atomic mass is 16.5. The van der Waals surface area contributed by atoms with E-state index in [4.69, 9.17) is 9.47 Å². The molecule has 0 N–H and O–H groups in total. The first-order chi connectivity index (χ1) is 23.3. The van der Waals surface area contributed by atoms with Crippen LogP contribution in [0.1, 0.15) is 45.2 Å². The smallest absolute Gasteiger partial charge is 0.260 e. The number of fused-ring (bicyclic) bond motifs is 7. The van der Waals surface area contributed by atoms with Gasteiger partial charge in [-0.25, -0.2) is 0 Å². The first kappa shape index (κ1) is 27.7. The van der Waals surface area contributed by atoms with E-state index >= 15 is 0 Å². The highest BCUT2D eigenvalue weighted by Crippen LogP contribution is 2.55. The third-order valence-electron chi connectivity index (χ3n) is 10.9. The lowest BCUT2D eigenvalue weighted by atomic mass is 9.34. The van der Waals surface area contributed by atoms with Crippen molar-refractivity contribution in [1.82, 2.24) is 0 Å². The number of rotatable bonds is 2. The summed E-state index contributed by atoms with van der Waals surface area (Å²) in [6.07, 6.45) is 1.11. The number of hydrogen-bond acceptors (Lipinski definition) is 4. The molecule has 0 unspecified atom stereocenters. The molecule has 4 nitrogen and oxygen atoms in total. The summed E-state index contributed by atoms with van der Waals surface area (Å²) in [6, 6.07) is 45.6. The first-order valence-electron chi connectivity index (χ1n) is 16.9. The summed E-state index contributed by atoms with van der Waals surface area (Å²) in [4.78, 5) is 4.70. The number of nitrogens with zero attached hydrogens (tertiary/aromatic N) is 2. The third-order valence-corrected chi connectivity index (χ3v) is 10.9. The van der Waals surface area contributed by atoms with Gasteiger partial charge in [0.2, 0.25) is 0 Å². The Balaban J connectivity index is 1.20. The van der Waals surface area contributed by atoms with Crippen LogP contribution in [0.25, 0.3) is 0 Å². The molecule has 0 fully saturated rings. The van der Waals surface area contributed by atoms with Crippen molar-refractivity contribution >= 4 is 57.2 Å². The molecule has 4 aliphatic rings. The van der Waals surface area contributed by atoms with Gasteiger partial charge in [-0.15, -0.1) is 0 Å². The number of ether oxygens (including phenoxy) is 2. The lowest BCUT2D eigenvalue weighted by Crippen LogP contribution is -2.57. The normalized spacial score (nSPS) is 16.8. The molecule has 0 radical (unpaired) electrons. The van der Waals surface area contributed by atoms with Crippen molar-refractivity contribution < 1.29 is 9.47 Å². The number of benzene rings is 6. The summed E-state index contributed by atoms with van der Waals surface area (Å²) in [5.74, 6) is 3.55. The second-order valence-electron chi connectivity index (χ2n) is 14.9. The van der Waals surface area contributed by atoms with E-state index in [1.165, 1.54) is 22.1 Å². The molecule has 0 bridgehead atoms. The minimum absolute atomic E-state index is 0.0251. The second kappa shape index (κ2) is 9.57. The van der Waals surface area contributed by atoms with E-state index in [9.17, 15) is 0 Å². The second-order valence-corrected chi connectivity index (χ2v) is 14.9. The van der Waals surface area contributed by atoms with E-state index < -0.39 is 0 Å². The topological polar surface area (TPSA) is 24.9 Å². The van der Waals surface area contributed by atoms with Crippen molar-refractivity contribution in [1.29, 1.82) is 0 Å². The van der Waals surface area contributed by atoms with Gasteiger partial charge < -0.3 is 19.3 Å². The maximum atomic E-state index is 7.01. The SMILES string of the molecule is CC1(C)CC(C)(C)c2cc3c(cc21)Oc1cc(N2c4ccccc4N(c4ccccc4)c4ccccc42)cc2c1B3c1ccccc1O2. The molecule has 3 heterocycles. The number of para-hydroxylation sites is 6. The van der Waals surface area contributed by atoms with Gasteiger partial charge >= 0.3 is 0 Å². The van der Waals surface area contributed by atoms with E-state index in [1.54, 1.807) is 0 Å². The van der Waals surface area contributed by atoms with Crippen LogP contribution in [-0.2, 0) is 10.8 Å². The highest BCUT2D eigenvalue weighted by Gasteiger charge is 2.47. The Hall–Kier alpha value is -5.42. The van der Waals surface area contributed by atoms with Crippen LogP contribution in [0.3, 0.4) is 0 Å². The zero-order valence-electron chi connectivity index (χ0n) is 27.6. The van der Waals surface area contributed by atoms with Gasteiger partial charge in [0.15, 0.2) is 0 Å². The zero-order valence-corrected chi connectivity index (χ0v) is 27.6. The summed E-state index contributed by atoms with van der Waals surface area (Å²) in [5, 5.41) is 0. The fourth-order valence-corrected chi connectivity index (χ4v) is 9.10. The van der Waals surface area contributed by atoms with Gasteiger partial charge in [0.25, 0.3) is 6.71 Å². The van der Waals surface area contributed by atoms with Crippen molar-refractivity contribution in [2.45, 2.75) is 44.9 Å². The molecule has 3 aliphatic heterocycles. The van der Waals surface area contributed by atoms with Gasteiger partial charge in [-0.1, -0.05) is 94.4 Å². The fraction of sp³-hybridized carbons (Fsp3) is 0.163. The zero-order chi connectivity index (χ0) is 32.4. The Morgan fingerprint density at radius 2 is 0.979 bits per heavy atom. The van der Waals surface area contributed by atoms with Crippen molar-refractivity contribution in [3.8, 4) is 23.0 Å². The summed E-state index contributed by atoms with van der Waals surface area (Å²) in [5.41, 5.74) is 13.1. The van der Waals surface area contributed by atoms with E-state index in [1.807, 2.05) is 0 Å². The quantitative estimate of drug-likeness (QED) is 0.179. The highest BCUT2D eigenvalue weighted by molar-refractivity contribution is 6.98. The molecule has 0 saturated carbocycles. The molecule has 0 amide bonds. The third kappa shape index (κ3) is 3.79. The molecule has 10 rings (SSSR count). The predicted octanol–water partition coefficient (Wildman–Crippen LogP) is 9.63. The van der Waals surface area contributed by atoms with Crippen LogP contribution in [0.5, 0.6) is 23.0 Å². The number of hydrogen-bond donors (Lipinski definition) is 0. The summed E-state index contributed by atoms with van der Waals surface area (Å²) >= 11 is 0. The molecule has 48 heavy (non-hydrogen) atoms. The van der Waals surface area contributed by atoms with E-state index in [0.717, 1.165) is 69.0 Å². The molecule has 232 valence electrons. The fourth-order valence-electron chi connectivity index (χ4n) is 9.10. The summed E-state index contributed by atoms with van der Waals surface area (Å²) in [6.45, 7) is 9.53. The molecular weight excluding hydrogens is 587 g/mol. The molecule has 0 saturated heterocycles. The molecule has 0 aromatic heterocycles. The summed E-state index contributed by atoms with van der Waals surface area (Å²) < 4.78 is 13.8. The van der Waals surface area contributed by atoms with Crippen LogP contribution < -0.4 is 35.7 Å². The van der Waals surface area contributed by atoms with Crippen molar-refractivity contribution in [3.05, 3.63) is 139 Å². The van der Waals surface area contributed by atoms with E-state index in [2.05, 4.69) is 165 Å². The molecule has 6 aromatic rings. The lowest BCUT2D eigenvalue weighted by molar-refractivity contribution is 0.402. The van der Waals surface area contributed by atoms with Gasteiger partial charge in [0.05, 0.1) is 28.4 Å². The maximum Gasteiger partial charge on any atom is 0.260 e. The largest absolute Gasteiger partial charge is 0.458 e. The molecule has 6 aromatic carbocycles. The van der Waals surface area contributed by atoms with Crippen LogP contribution in [0, 0.1) is 0 Å². The van der Waals surface area contributed by atoms with Crippen molar-refractivity contribution in [2.24, 2.45) is 0 Å². The van der Waals surface area contributed by atoms with Gasteiger partial charge in [-0.2, -0.15) is 0 Å². The van der Waals surface area contributed by atoms with E-state index in [-0.39, 0.29) is 17.5 Å². The molecule has 5 heteroatoms.